The molecule has 1 saturated heterocycles. The Balaban J connectivity index is 1.37. The van der Waals surface area contributed by atoms with Crippen molar-refractivity contribution in [3.05, 3.63) is 65.2 Å². The van der Waals surface area contributed by atoms with Crippen molar-refractivity contribution >= 4 is 16.8 Å². The van der Waals surface area contributed by atoms with Crippen LogP contribution in [0.2, 0.25) is 0 Å². The van der Waals surface area contributed by atoms with Crippen LogP contribution in [0.3, 0.4) is 0 Å². The lowest BCUT2D eigenvalue weighted by Crippen LogP contribution is -2.42. The van der Waals surface area contributed by atoms with Gasteiger partial charge in [0, 0.05) is 34.3 Å². The quantitative estimate of drug-likeness (QED) is 0.523. The largest absolute Gasteiger partial charge is 0.497 e. The Kier molecular flexibility index (Phi) is 5.14. The molecule has 5 rings (SSSR count). The van der Waals surface area contributed by atoms with Gasteiger partial charge in [0.15, 0.2) is 6.10 Å². The van der Waals surface area contributed by atoms with Crippen molar-refractivity contribution in [1.82, 2.24) is 20.0 Å². The predicted octanol–water partition coefficient (Wildman–Crippen LogP) is 4.06. The number of benzene rings is 2. The Morgan fingerprint density at radius 1 is 1.19 bits per heavy atom. The van der Waals surface area contributed by atoms with Crippen molar-refractivity contribution in [1.29, 1.82) is 0 Å². The van der Waals surface area contributed by atoms with E-state index in [2.05, 4.69) is 15.1 Å². The van der Waals surface area contributed by atoms with E-state index in [0.717, 1.165) is 33.5 Å². The van der Waals surface area contributed by atoms with Crippen LogP contribution in [0.1, 0.15) is 33.6 Å². The molecule has 1 atom stereocenters. The summed E-state index contributed by atoms with van der Waals surface area (Å²) < 4.78 is 16.5. The van der Waals surface area contributed by atoms with Gasteiger partial charge in [-0.05, 0) is 55.8 Å². The Morgan fingerprint density at radius 3 is 2.78 bits per heavy atom. The number of H-pyrrole nitrogens is 1. The van der Waals surface area contributed by atoms with Crippen LogP contribution >= 0.6 is 0 Å². The monoisotopic (exact) mass is 432 g/mol. The molecule has 164 valence electrons. The predicted molar refractivity (Wildman–Crippen MR) is 119 cm³/mol. The number of nitrogens with zero attached hydrogens (tertiary/aromatic N) is 3. The number of aryl methyl sites for hydroxylation is 2. The van der Waals surface area contributed by atoms with Crippen LogP contribution < -0.4 is 4.74 Å². The van der Waals surface area contributed by atoms with Crippen molar-refractivity contribution in [2.45, 2.75) is 20.0 Å². The molecule has 3 heterocycles. The van der Waals surface area contributed by atoms with Gasteiger partial charge in [0.2, 0.25) is 5.82 Å². The standard InChI is InChI=1S/C24H24N4O4/c1-14-15(2)25-19-6-4-5-18(21(14)19)24(29)28-11-12-31-20(13-28)23-26-22(27-32-23)16-7-9-17(30-3)10-8-16/h4-10,20,25H,11-13H2,1-3H3/t20-/m1/s1. The minimum Gasteiger partial charge on any atom is -0.497 e. The van der Waals surface area contributed by atoms with Gasteiger partial charge in [-0.3, -0.25) is 4.79 Å². The zero-order valence-electron chi connectivity index (χ0n) is 18.2. The second-order valence-corrected chi connectivity index (χ2v) is 7.90. The summed E-state index contributed by atoms with van der Waals surface area (Å²) in [5.41, 5.74) is 4.63. The molecule has 1 N–H and O–H groups in total. The Morgan fingerprint density at radius 2 is 2.00 bits per heavy atom. The van der Waals surface area contributed by atoms with E-state index in [0.29, 0.717) is 37.0 Å². The van der Waals surface area contributed by atoms with Crippen LogP contribution in [-0.4, -0.2) is 52.7 Å². The summed E-state index contributed by atoms with van der Waals surface area (Å²) >= 11 is 0. The normalized spacial score (nSPS) is 16.5. The molecule has 32 heavy (non-hydrogen) atoms. The Labute approximate surface area is 185 Å². The fourth-order valence-corrected chi connectivity index (χ4v) is 4.10. The molecule has 0 unspecified atom stereocenters. The highest BCUT2D eigenvalue weighted by atomic mass is 16.5. The van der Waals surface area contributed by atoms with Gasteiger partial charge in [0.25, 0.3) is 11.8 Å². The summed E-state index contributed by atoms with van der Waals surface area (Å²) in [7, 11) is 1.62. The maximum Gasteiger partial charge on any atom is 0.257 e. The van der Waals surface area contributed by atoms with Crippen molar-refractivity contribution in [3.63, 3.8) is 0 Å². The van der Waals surface area contributed by atoms with Gasteiger partial charge in [0.05, 0.1) is 20.3 Å². The molecule has 8 nitrogen and oxygen atoms in total. The maximum atomic E-state index is 13.4. The van der Waals surface area contributed by atoms with E-state index < -0.39 is 6.10 Å². The zero-order valence-corrected chi connectivity index (χ0v) is 18.2. The summed E-state index contributed by atoms with van der Waals surface area (Å²) in [5.74, 6) is 1.56. The number of morpholine rings is 1. The summed E-state index contributed by atoms with van der Waals surface area (Å²) in [5, 5.41) is 5.06. The average Bonchev–Trinajstić information content (AvgIpc) is 3.44. The molecule has 1 aliphatic heterocycles. The number of carbonyl (C=O) groups excluding carboxylic acids is 1. The molecule has 0 saturated carbocycles. The highest BCUT2D eigenvalue weighted by Crippen LogP contribution is 2.29. The van der Waals surface area contributed by atoms with Gasteiger partial charge in [-0.15, -0.1) is 0 Å². The molecular formula is C24H24N4O4. The number of methoxy groups -OCH3 is 1. The second kappa shape index (κ2) is 8.12. The third-order valence-corrected chi connectivity index (χ3v) is 5.97. The van der Waals surface area contributed by atoms with Crippen molar-refractivity contribution in [2.75, 3.05) is 26.8 Å². The highest BCUT2D eigenvalue weighted by Gasteiger charge is 2.31. The van der Waals surface area contributed by atoms with Gasteiger partial charge in [0.1, 0.15) is 5.75 Å². The lowest BCUT2D eigenvalue weighted by Gasteiger charge is -2.31. The van der Waals surface area contributed by atoms with Crippen LogP contribution in [0.25, 0.3) is 22.3 Å². The number of nitrogens with one attached hydrogen (secondary N) is 1. The molecular weight excluding hydrogens is 408 g/mol. The third kappa shape index (κ3) is 3.52. The van der Waals surface area contributed by atoms with E-state index in [1.165, 1.54) is 0 Å². The number of hydrogen-bond donors (Lipinski definition) is 1. The first kappa shape index (κ1) is 20.3. The van der Waals surface area contributed by atoms with Gasteiger partial charge in [-0.25, -0.2) is 0 Å². The molecule has 1 amide bonds. The average molecular weight is 432 g/mol. The van der Waals surface area contributed by atoms with Crippen molar-refractivity contribution in [3.8, 4) is 17.1 Å². The zero-order chi connectivity index (χ0) is 22.2. The van der Waals surface area contributed by atoms with Gasteiger partial charge >= 0.3 is 0 Å². The first-order valence-electron chi connectivity index (χ1n) is 10.5. The van der Waals surface area contributed by atoms with E-state index in [9.17, 15) is 4.79 Å². The fourth-order valence-electron chi connectivity index (χ4n) is 4.10. The first-order chi connectivity index (χ1) is 15.5. The van der Waals surface area contributed by atoms with E-state index in [4.69, 9.17) is 14.0 Å². The van der Waals surface area contributed by atoms with Gasteiger partial charge in [-0.2, -0.15) is 4.98 Å². The molecule has 0 radical (unpaired) electrons. The molecule has 0 aliphatic carbocycles. The minimum atomic E-state index is -0.472. The molecule has 0 spiro atoms. The number of aromatic amines is 1. The molecule has 1 aliphatic rings. The van der Waals surface area contributed by atoms with Crippen LogP contribution in [-0.2, 0) is 4.74 Å². The number of aromatic nitrogens is 3. The maximum absolute atomic E-state index is 13.4. The number of ether oxygens (including phenoxy) is 2. The van der Waals surface area contributed by atoms with E-state index >= 15 is 0 Å². The Bertz CT molecular complexity index is 1280. The van der Waals surface area contributed by atoms with Gasteiger partial charge < -0.3 is 23.9 Å². The van der Waals surface area contributed by atoms with Crippen molar-refractivity contribution in [2.24, 2.45) is 0 Å². The fraction of sp³-hybridized carbons (Fsp3) is 0.292. The van der Waals surface area contributed by atoms with Gasteiger partial charge in [-0.1, -0.05) is 11.2 Å². The summed E-state index contributed by atoms with van der Waals surface area (Å²) in [4.78, 5) is 23.1. The lowest BCUT2D eigenvalue weighted by molar-refractivity contribution is -0.0366. The number of rotatable bonds is 4. The van der Waals surface area contributed by atoms with E-state index in [-0.39, 0.29) is 5.91 Å². The van der Waals surface area contributed by atoms with E-state index in [1.807, 2.05) is 56.3 Å². The van der Waals surface area contributed by atoms with Crippen LogP contribution in [0.15, 0.2) is 47.0 Å². The minimum absolute atomic E-state index is 0.0270. The lowest BCUT2D eigenvalue weighted by atomic mass is 10.0. The molecule has 8 heteroatoms. The molecule has 4 aromatic rings. The highest BCUT2D eigenvalue weighted by molar-refractivity contribution is 6.08. The molecule has 2 aromatic carbocycles. The second-order valence-electron chi connectivity index (χ2n) is 7.90. The summed E-state index contributed by atoms with van der Waals surface area (Å²) in [6.45, 7) is 5.31. The Hall–Kier alpha value is -3.65. The van der Waals surface area contributed by atoms with Crippen LogP contribution in [0.5, 0.6) is 5.75 Å². The van der Waals surface area contributed by atoms with Crippen LogP contribution in [0.4, 0.5) is 0 Å². The molecule has 2 aromatic heterocycles. The SMILES string of the molecule is COc1ccc(-c2noc([C@H]3CN(C(=O)c4cccc5[nH]c(C)c(C)c45)CCO3)n2)cc1. The topological polar surface area (TPSA) is 93.5 Å². The first-order valence-corrected chi connectivity index (χ1v) is 10.5. The summed E-state index contributed by atoms with van der Waals surface area (Å²) in [6, 6.07) is 13.2. The smallest absolute Gasteiger partial charge is 0.257 e. The van der Waals surface area contributed by atoms with Crippen molar-refractivity contribution < 1.29 is 18.8 Å². The molecule has 0 bridgehead atoms. The number of carbonyl (C=O) groups is 1. The summed E-state index contributed by atoms with van der Waals surface area (Å²) in [6.07, 6.45) is -0.472. The number of amides is 1. The van der Waals surface area contributed by atoms with Crippen LogP contribution in [0, 0.1) is 13.8 Å². The van der Waals surface area contributed by atoms with E-state index in [1.54, 1.807) is 12.0 Å². The number of fused-ring (bicyclic) bond motifs is 1. The third-order valence-electron chi connectivity index (χ3n) is 5.97. The number of hydrogen-bond acceptors (Lipinski definition) is 6. The molecule has 1 fully saturated rings.